The van der Waals surface area contributed by atoms with Crippen molar-refractivity contribution >= 4 is 17.9 Å². The molecule has 2 aliphatic heterocycles. The highest BCUT2D eigenvalue weighted by Gasteiger charge is 2.38. The molecule has 0 aromatic carbocycles. The van der Waals surface area contributed by atoms with Gasteiger partial charge in [-0.1, -0.05) is 116 Å². The zero-order valence-corrected chi connectivity index (χ0v) is 30.0. The molecule has 1 saturated heterocycles. The first kappa shape index (κ1) is 40.3. The highest BCUT2D eigenvalue weighted by atomic mass is 16.6. The Morgan fingerprint density at radius 2 is 1.07 bits per heavy atom. The van der Waals surface area contributed by atoms with Gasteiger partial charge in [0.25, 0.3) is 0 Å². The third-order valence-corrected chi connectivity index (χ3v) is 9.57. The molecule has 7 nitrogen and oxygen atoms in total. The standard InChI is InChI=1S/C39H68O7/c1-5-6-7-8-9-10-14-17-20-23-26-35(44-32(3)40)37-28-29-38(46-37)36(45-33(4)41)27-24-21-18-15-12-11-13-16-19-22-25-34-30-31(2)43-39(34)42/h30-31,35-38H,5-29H2,1-4H3. The molecule has 2 aliphatic rings. The number of esters is 3. The molecule has 0 aromatic rings. The number of carbonyl (C=O) groups excluding carboxylic acids is 3. The van der Waals surface area contributed by atoms with E-state index in [1.165, 1.54) is 110 Å². The Hall–Kier alpha value is -1.89. The SMILES string of the molecule is CCCCCCCCCCCCC(OC(C)=O)C1CCC(C(CCCCCCCCCCCCC2=CC(C)OC2=O)OC(C)=O)O1. The van der Waals surface area contributed by atoms with Crippen LogP contribution in [0, 0.1) is 0 Å². The zero-order chi connectivity index (χ0) is 33.4. The van der Waals surface area contributed by atoms with Gasteiger partial charge in [0.05, 0.1) is 12.2 Å². The maximum atomic E-state index is 11.9. The summed E-state index contributed by atoms with van der Waals surface area (Å²) in [5.41, 5.74) is 0.855. The number of ether oxygens (including phenoxy) is 4. The molecule has 2 heterocycles. The van der Waals surface area contributed by atoms with Gasteiger partial charge in [-0.2, -0.15) is 0 Å². The van der Waals surface area contributed by atoms with Crippen LogP contribution in [0.2, 0.25) is 0 Å². The summed E-state index contributed by atoms with van der Waals surface area (Å²) in [5, 5.41) is 0. The lowest BCUT2D eigenvalue weighted by Gasteiger charge is -2.27. The highest BCUT2D eigenvalue weighted by molar-refractivity contribution is 5.90. The molecule has 0 N–H and O–H groups in total. The first-order valence-corrected chi connectivity index (χ1v) is 19.2. The van der Waals surface area contributed by atoms with Crippen molar-refractivity contribution in [3.05, 3.63) is 11.6 Å². The van der Waals surface area contributed by atoms with Gasteiger partial charge in [-0.25, -0.2) is 4.79 Å². The Kier molecular flexibility index (Phi) is 22.0. The normalized spacial score (nSPS) is 20.7. The van der Waals surface area contributed by atoms with Gasteiger partial charge in [-0.3, -0.25) is 9.59 Å². The molecule has 0 spiro atoms. The Bertz CT molecular complexity index is 868. The molecule has 0 radical (unpaired) electrons. The molecule has 266 valence electrons. The van der Waals surface area contributed by atoms with Crippen LogP contribution in [-0.2, 0) is 33.3 Å². The van der Waals surface area contributed by atoms with Crippen LogP contribution in [-0.4, -0.2) is 48.4 Å². The summed E-state index contributed by atoms with van der Waals surface area (Å²) in [6.45, 7) is 7.13. The third-order valence-electron chi connectivity index (χ3n) is 9.57. The Labute approximate surface area is 281 Å². The summed E-state index contributed by atoms with van der Waals surface area (Å²) in [6.07, 6.45) is 29.9. The maximum absolute atomic E-state index is 11.9. The maximum Gasteiger partial charge on any atom is 0.334 e. The van der Waals surface area contributed by atoms with E-state index >= 15 is 0 Å². The quantitative estimate of drug-likeness (QED) is 0.0474. The summed E-state index contributed by atoms with van der Waals surface area (Å²) in [6, 6.07) is 0. The molecule has 0 aromatic heterocycles. The molecule has 7 heteroatoms. The van der Waals surface area contributed by atoms with Crippen LogP contribution in [0.1, 0.15) is 188 Å². The van der Waals surface area contributed by atoms with Crippen LogP contribution in [0.5, 0.6) is 0 Å². The van der Waals surface area contributed by atoms with Crippen LogP contribution in [0.25, 0.3) is 0 Å². The molecular formula is C39H68O7. The lowest BCUT2D eigenvalue weighted by molar-refractivity contribution is -0.163. The molecule has 2 rings (SSSR count). The van der Waals surface area contributed by atoms with Crippen LogP contribution in [0.15, 0.2) is 11.6 Å². The smallest absolute Gasteiger partial charge is 0.334 e. The van der Waals surface area contributed by atoms with Crippen LogP contribution in [0.4, 0.5) is 0 Å². The first-order valence-electron chi connectivity index (χ1n) is 19.2. The predicted octanol–water partition coefficient (Wildman–Crippen LogP) is 10.3. The van der Waals surface area contributed by atoms with Crippen molar-refractivity contribution in [3.63, 3.8) is 0 Å². The van der Waals surface area contributed by atoms with Crippen molar-refractivity contribution in [2.75, 3.05) is 0 Å². The van der Waals surface area contributed by atoms with Gasteiger partial charge in [0.1, 0.15) is 18.3 Å². The van der Waals surface area contributed by atoms with Gasteiger partial charge < -0.3 is 18.9 Å². The second-order valence-corrected chi connectivity index (χ2v) is 13.9. The monoisotopic (exact) mass is 648 g/mol. The summed E-state index contributed by atoms with van der Waals surface area (Å²) in [5.74, 6) is -0.636. The molecule has 0 aliphatic carbocycles. The van der Waals surface area contributed by atoms with E-state index in [9.17, 15) is 14.4 Å². The van der Waals surface area contributed by atoms with Crippen molar-refractivity contribution < 1.29 is 33.3 Å². The summed E-state index contributed by atoms with van der Waals surface area (Å²) in [4.78, 5) is 35.5. The van der Waals surface area contributed by atoms with Crippen molar-refractivity contribution in [1.82, 2.24) is 0 Å². The Morgan fingerprint density at radius 1 is 0.674 bits per heavy atom. The first-order chi connectivity index (χ1) is 22.3. The van der Waals surface area contributed by atoms with E-state index in [-0.39, 0.29) is 48.4 Å². The van der Waals surface area contributed by atoms with Gasteiger partial charge in [-0.15, -0.1) is 0 Å². The number of hydrogen-bond donors (Lipinski definition) is 0. The van der Waals surface area contributed by atoms with Gasteiger partial charge >= 0.3 is 17.9 Å². The van der Waals surface area contributed by atoms with E-state index in [2.05, 4.69) is 6.92 Å². The lowest BCUT2D eigenvalue weighted by Crippen LogP contribution is -2.35. The van der Waals surface area contributed by atoms with Crippen LogP contribution in [0.3, 0.4) is 0 Å². The molecule has 0 bridgehead atoms. The van der Waals surface area contributed by atoms with Crippen LogP contribution >= 0.6 is 0 Å². The Balaban J connectivity index is 1.57. The molecule has 5 atom stereocenters. The van der Waals surface area contributed by atoms with E-state index in [0.29, 0.717) is 0 Å². The highest BCUT2D eigenvalue weighted by Crippen LogP contribution is 2.31. The minimum atomic E-state index is -0.256. The number of hydrogen-bond acceptors (Lipinski definition) is 7. The second-order valence-electron chi connectivity index (χ2n) is 13.9. The average molecular weight is 649 g/mol. The van der Waals surface area contributed by atoms with Gasteiger partial charge in [0, 0.05) is 19.4 Å². The average Bonchev–Trinajstić information content (AvgIpc) is 3.63. The predicted molar refractivity (Wildman–Crippen MR) is 185 cm³/mol. The topological polar surface area (TPSA) is 88.1 Å². The summed E-state index contributed by atoms with van der Waals surface area (Å²) in [7, 11) is 0. The van der Waals surface area contributed by atoms with Gasteiger partial charge in [0.2, 0.25) is 0 Å². The van der Waals surface area contributed by atoms with Crippen molar-refractivity contribution in [3.8, 4) is 0 Å². The minimum Gasteiger partial charge on any atom is -0.460 e. The number of rotatable bonds is 28. The van der Waals surface area contributed by atoms with Gasteiger partial charge in [-0.05, 0) is 64.4 Å². The molecule has 5 unspecified atom stereocenters. The largest absolute Gasteiger partial charge is 0.460 e. The van der Waals surface area contributed by atoms with E-state index in [4.69, 9.17) is 18.9 Å². The minimum absolute atomic E-state index is 0.0613. The van der Waals surface area contributed by atoms with Crippen LogP contribution < -0.4 is 0 Å². The summed E-state index contributed by atoms with van der Waals surface area (Å²) >= 11 is 0. The summed E-state index contributed by atoms with van der Waals surface area (Å²) < 4.78 is 23.1. The van der Waals surface area contributed by atoms with E-state index in [1.54, 1.807) is 0 Å². The molecule has 1 fully saturated rings. The molecule has 0 saturated carbocycles. The molecular weight excluding hydrogens is 580 g/mol. The molecule has 46 heavy (non-hydrogen) atoms. The van der Waals surface area contributed by atoms with Gasteiger partial charge in [0.15, 0.2) is 0 Å². The third kappa shape index (κ3) is 18.4. The second kappa shape index (κ2) is 25.2. The van der Waals surface area contributed by atoms with Crippen molar-refractivity contribution in [2.24, 2.45) is 0 Å². The number of unbranched alkanes of at least 4 members (excludes halogenated alkanes) is 18. The number of cyclic esters (lactones) is 1. The zero-order valence-electron chi connectivity index (χ0n) is 30.0. The number of carbonyl (C=O) groups is 3. The Morgan fingerprint density at radius 3 is 1.43 bits per heavy atom. The van der Waals surface area contributed by atoms with Crippen molar-refractivity contribution in [1.29, 1.82) is 0 Å². The molecule has 0 amide bonds. The van der Waals surface area contributed by atoms with E-state index in [1.807, 2.05) is 13.0 Å². The lowest BCUT2D eigenvalue weighted by atomic mass is 9.99. The van der Waals surface area contributed by atoms with Crippen molar-refractivity contribution in [2.45, 2.75) is 219 Å². The fraction of sp³-hybridized carbons (Fsp3) is 0.872. The fourth-order valence-corrected chi connectivity index (χ4v) is 7.03. The van der Waals surface area contributed by atoms with E-state index in [0.717, 1.165) is 69.8 Å². The van der Waals surface area contributed by atoms with E-state index < -0.39 is 0 Å². The fourth-order valence-electron chi connectivity index (χ4n) is 7.03.